The minimum absolute atomic E-state index is 0.0857. The SMILES string of the molecule is O=C(Nc1ccc(N2CCCC2)c2ncccc12)[C@@H]1CCCN1Cc1ccccc1. The fraction of sp³-hybridized carbons (Fsp3) is 0.360. The number of aromatic nitrogens is 1. The minimum Gasteiger partial charge on any atom is -0.370 e. The van der Waals surface area contributed by atoms with Gasteiger partial charge in [-0.15, -0.1) is 0 Å². The van der Waals surface area contributed by atoms with E-state index in [-0.39, 0.29) is 11.9 Å². The number of nitrogens with one attached hydrogen (secondary N) is 1. The molecule has 2 saturated heterocycles. The van der Waals surface area contributed by atoms with Crippen LogP contribution < -0.4 is 10.2 Å². The highest BCUT2D eigenvalue weighted by Gasteiger charge is 2.31. The topological polar surface area (TPSA) is 48.5 Å². The van der Waals surface area contributed by atoms with Crippen molar-refractivity contribution >= 4 is 28.2 Å². The maximum absolute atomic E-state index is 13.2. The Bertz CT molecular complexity index is 1030. The summed E-state index contributed by atoms with van der Waals surface area (Å²) in [4.78, 5) is 22.6. The van der Waals surface area contributed by atoms with E-state index in [1.807, 2.05) is 24.4 Å². The van der Waals surface area contributed by atoms with Crippen LogP contribution >= 0.6 is 0 Å². The molecule has 0 bridgehead atoms. The van der Waals surface area contributed by atoms with Gasteiger partial charge in [0.15, 0.2) is 0 Å². The molecular formula is C25H28N4O. The maximum Gasteiger partial charge on any atom is 0.241 e. The highest BCUT2D eigenvalue weighted by molar-refractivity contribution is 6.06. The molecule has 5 rings (SSSR count). The number of pyridine rings is 1. The summed E-state index contributed by atoms with van der Waals surface area (Å²) in [6.45, 7) is 3.93. The molecule has 2 aromatic carbocycles. The molecule has 5 heteroatoms. The molecule has 5 nitrogen and oxygen atoms in total. The average molecular weight is 401 g/mol. The molecule has 0 saturated carbocycles. The molecule has 0 aliphatic carbocycles. The van der Waals surface area contributed by atoms with Gasteiger partial charge in [0.05, 0.1) is 22.9 Å². The van der Waals surface area contributed by atoms with Crippen LogP contribution in [0.25, 0.3) is 10.9 Å². The number of anilines is 2. The van der Waals surface area contributed by atoms with E-state index in [2.05, 4.69) is 56.5 Å². The predicted octanol–water partition coefficient (Wildman–Crippen LogP) is 4.44. The Morgan fingerprint density at radius 2 is 1.80 bits per heavy atom. The Balaban J connectivity index is 1.37. The highest BCUT2D eigenvalue weighted by atomic mass is 16.2. The lowest BCUT2D eigenvalue weighted by molar-refractivity contribution is -0.120. The molecule has 0 radical (unpaired) electrons. The molecule has 0 unspecified atom stereocenters. The quantitative estimate of drug-likeness (QED) is 0.688. The summed E-state index contributed by atoms with van der Waals surface area (Å²) in [5.41, 5.74) is 4.26. The molecule has 1 aromatic heterocycles. The standard InChI is InChI=1S/C25H28N4O/c30-25(23-11-7-17-29(23)18-19-8-2-1-3-9-19)27-21-12-13-22(28-15-4-5-16-28)24-20(21)10-6-14-26-24/h1-3,6,8-10,12-14,23H,4-5,7,11,15-18H2,(H,27,30)/t23-/m0/s1. The van der Waals surface area contributed by atoms with Crippen LogP contribution in [0.4, 0.5) is 11.4 Å². The van der Waals surface area contributed by atoms with Crippen LogP contribution in [-0.2, 0) is 11.3 Å². The Hall–Kier alpha value is -2.92. The third-order valence-electron chi connectivity index (χ3n) is 6.35. The Morgan fingerprint density at radius 3 is 2.63 bits per heavy atom. The molecular weight excluding hydrogens is 372 g/mol. The first-order valence-electron chi connectivity index (χ1n) is 11.0. The molecule has 1 amide bonds. The van der Waals surface area contributed by atoms with Crippen molar-refractivity contribution in [3.8, 4) is 0 Å². The van der Waals surface area contributed by atoms with E-state index in [1.165, 1.54) is 24.1 Å². The van der Waals surface area contributed by atoms with E-state index in [1.54, 1.807) is 0 Å². The van der Waals surface area contributed by atoms with Gasteiger partial charge in [-0.3, -0.25) is 14.7 Å². The summed E-state index contributed by atoms with van der Waals surface area (Å²) in [5.74, 6) is 0.0857. The summed E-state index contributed by atoms with van der Waals surface area (Å²) in [6, 6.07) is 18.5. The lowest BCUT2D eigenvalue weighted by atomic mass is 10.1. The smallest absolute Gasteiger partial charge is 0.241 e. The van der Waals surface area contributed by atoms with Crippen LogP contribution in [0, 0.1) is 0 Å². The fourth-order valence-corrected chi connectivity index (χ4v) is 4.83. The molecule has 3 aromatic rings. The molecule has 3 heterocycles. The van der Waals surface area contributed by atoms with Crippen LogP contribution in [0.5, 0.6) is 0 Å². The zero-order valence-corrected chi connectivity index (χ0v) is 17.3. The van der Waals surface area contributed by atoms with E-state index in [0.29, 0.717) is 0 Å². The van der Waals surface area contributed by atoms with Gasteiger partial charge in [0, 0.05) is 31.2 Å². The van der Waals surface area contributed by atoms with E-state index >= 15 is 0 Å². The van der Waals surface area contributed by atoms with Crippen LogP contribution in [0.2, 0.25) is 0 Å². The number of nitrogens with zero attached hydrogens (tertiary/aromatic N) is 3. The number of likely N-dealkylation sites (tertiary alicyclic amines) is 1. The van der Waals surface area contributed by atoms with Gasteiger partial charge < -0.3 is 10.2 Å². The van der Waals surface area contributed by atoms with Gasteiger partial charge in [-0.1, -0.05) is 30.3 Å². The van der Waals surface area contributed by atoms with E-state index in [9.17, 15) is 4.79 Å². The molecule has 1 N–H and O–H groups in total. The number of fused-ring (bicyclic) bond motifs is 1. The zero-order chi connectivity index (χ0) is 20.3. The van der Waals surface area contributed by atoms with E-state index in [0.717, 1.165) is 55.6 Å². The molecule has 2 fully saturated rings. The van der Waals surface area contributed by atoms with Crippen molar-refractivity contribution < 1.29 is 4.79 Å². The second-order valence-electron chi connectivity index (χ2n) is 8.33. The summed E-state index contributed by atoms with van der Waals surface area (Å²) in [6.07, 6.45) is 6.26. The van der Waals surface area contributed by atoms with E-state index < -0.39 is 0 Å². The predicted molar refractivity (Wildman–Crippen MR) is 122 cm³/mol. The lowest BCUT2D eigenvalue weighted by Crippen LogP contribution is -2.39. The molecule has 2 aliphatic heterocycles. The second kappa shape index (κ2) is 8.44. The third-order valence-corrected chi connectivity index (χ3v) is 6.35. The third kappa shape index (κ3) is 3.77. The summed E-state index contributed by atoms with van der Waals surface area (Å²) >= 11 is 0. The molecule has 1 atom stereocenters. The lowest BCUT2D eigenvalue weighted by Gasteiger charge is -2.24. The summed E-state index contributed by atoms with van der Waals surface area (Å²) in [7, 11) is 0. The van der Waals surface area contributed by atoms with Crippen molar-refractivity contribution in [1.82, 2.24) is 9.88 Å². The van der Waals surface area contributed by atoms with Gasteiger partial charge in [-0.05, 0) is 62.1 Å². The van der Waals surface area contributed by atoms with Gasteiger partial charge >= 0.3 is 0 Å². The first kappa shape index (κ1) is 19.1. The second-order valence-corrected chi connectivity index (χ2v) is 8.33. The van der Waals surface area contributed by atoms with Gasteiger partial charge in [-0.25, -0.2) is 0 Å². The van der Waals surface area contributed by atoms with Gasteiger partial charge in [0.25, 0.3) is 0 Å². The summed E-state index contributed by atoms with van der Waals surface area (Å²) < 4.78 is 0. The van der Waals surface area contributed by atoms with Gasteiger partial charge in [0.1, 0.15) is 0 Å². The number of carbonyl (C=O) groups is 1. The van der Waals surface area contributed by atoms with E-state index in [4.69, 9.17) is 0 Å². The van der Waals surface area contributed by atoms with Crippen LogP contribution in [0.15, 0.2) is 60.8 Å². The summed E-state index contributed by atoms with van der Waals surface area (Å²) in [5, 5.41) is 4.24. The van der Waals surface area contributed by atoms with Gasteiger partial charge in [-0.2, -0.15) is 0 Å². The first-order chi connectivity index (χ1) is 14.8. The number of benzene rings is 2. The average Bonchev–Trinajstić information content (AvgIpc) is 3.47. The minimum atomic E-state index is -0.0878. The van der Waals surface area contributed by atoms with Crippen molar-refractivity contribution in [2.75, 3.05) is 29.9 Å². The van der Waals surface area contributed by atoms with Crippen molar-refractivity contribution in [1.29, 1.82) is 0 Å². The van der Waals surface area contributed by atoms with Crippen LogP contribution in [0.1, 0.15) is 31.2 Å². The fourth-order valence-electron chi connectivity index (χ4n) is 4.83. The largest absolute Gasteiger partial charge is 0.370 e. The zero-order valence-electron chi connectivity index (χ0n) is 17.3. The van der Waals surface area contributed by atoms with Crippen LogP contribution in [-0.4, -0.2) is 41.5 Å². The first-order valence-corrected chi connectivity index (χ1v) is 11.0. The number of hydrogen-bond acceptors (Lipinski definition) is 4. The number of rotatable bonds is 5. The highest BCUT2D eigenvalue weighted by Crippen LogP contribution is 2.33. The Morgan fingerprint density at radius 1 is 0.967 bits per heavy atom. The molecule has 2 aliphatic rings. The monoisotopic (exact) mass is 400 g/mol. The Kier molecular flexibility index (Phi) is 5.37. The van der Waals surface area contributed by atoms with Crippen molar-refractivity contribution in [2.24, 2.45) is 0 Å². The number of carbonyl (C=O) groups excluding carboxylic acids is 1. The molecule has 154 valence electrons. The Labute approximate surface area is 177 Å². The number of amides is 1. The molecule has 30 heavy (non-hydrogen) atoms. The number of hydrogen-bond donors (Lipinski definition) is 1. The van der Waals surface area contributed by atoms with Crippen molar-refractivity contribution in [3.63, 3.8) is 0 Å². The maximum atomic E-state index is 13.2. The molecule has 0 spiro atoms. The van der Waals surface area contributed by atoms with Gasteiger partial charge in [0.2, 0.25) is 5.91 Å². The normalized spacial score (nSPS) is 19.5. The van der Waals surface area contributed by atoms with Crippen molar-refractivity contribution in [3.05, 3.63) is 66.4 Å². The van der Waals surface area contributed by atoms with Crippen molar-refractivity contribution in [2.45, 2.75) is 38.3 Å². The van der Waals surface area contributed by atoms with Crippen LogP contribution in [0.3, 0.4) is 0 Å².